The molecule has 0 unspecified atom stereocenters. The van der Waals surface area contributed by atoms with Gasteiger partial charge in [-0.25, -0.2) is 4.98 Å². The maximum atomic E-state index is 12.2. The minimum Gasteiger partial charge on any atom is -0.497 e. The first-order chi connectivity index (χ1) is 13.5. The Labute approximate surface area is 167 Å². The highest BCUT2D eigenvalue weighted by atomic mass is 32.1. The molecule has 0 bridgehead atoms. The van der Waals surface area contributed by atoms with Crippen molar-refractivity contribution in [2.75, 3.05) is 12.4 Å². The van der Waals surface area contributed by atoms with Gasteiger partial charge in [-0.2, -0.15) is 0 Å². The van der Waals surface area contributed by atoms with Gasteiger partial charge in [0.25, 0.3) is 0 Å². The Morgan fingerprint density at radius 1 is 1.04 bits per heavy atom. The zero-order valence-corrected chi connectivity index (χ0v) is 16.5. The van der Waals surface area contributed by atoms with E-state index in [4.69, 9.17) is 4.74 Å². The van der Waals surface area contributed by atoms with Crippen molar-refractivity contribution in [3.63, 3.8) is 0 Å². The summed E-state index contributed by atoms with van der Waals surface area (Å²) < 4.78 is 5.12. The van der Waals surface area contributed by atoms with Crippen LogP contribution in [0.3, 0.4) is 0 Å². The number of benzene rings is 2. The molecule has 2 amide bonds. The number of carbonyl (C=O) groups excluding carboxylic acids is 2. The van der Waals surface area contributed by atoms with Gasteiger partial charge < -0.3 is 15.4 Å². The lowest BCUT2D eigenvalue weighted by Gasteiger charge is -2.04. The second kappa shape index (κ2) is 9.14. The van der Waals surface area contributed by atoms with Crippen LogP contribution in [-0.4, -0.2) is 23.9 Å². The molecular weight excluding hydrogens is 374 g/mol. The van der Waals surface area contributed by atoms with Crippen LogP contribution >= 0.6 is 11.3 Å². The third-order valence-electron chi connectivity index (χ3n) is 4.07. The van der Waals surface area contributed by atoms with Crippen LogP contribution in [0.2, 0.25) is 0 Å². The lowest BCUT2D eigenvalue weighted by molar-refractivity contribution is -0.119. The highest BCUT2D eigenvalue weighted by Gasteiger charge is 2.09. The molecule has 7 heteroatoms. The normalized spacial score (nSPS) is 10.4. The fourth-order valence-electron chi connectivity index (χ4n) is 2.58. The van der Waals surface area contributed by atoms with E-state index in [9.17, 15) is 9.59 Å². The molecule has 144 valence electrons. The first-order valence-corrected chi connectivity index (χ1v) is 9.63. The molecule has 2 N–H and O–H groups in total. The molecule has 0 fully saturated rings. The molecule has 0 saturated carbocycles. The van der Waals surface area contributed by atoms with Crippen molar-refractivity contribution in [2.24, 2.45) is 0 Å². The molecule has 1 heterocycles. The Balaban J connectivity index is 1.58. The molecule has 3 aromatic rings. The number of amides is 2. The molecule has 0 aliphatic carbocycles. The van der Waals surface area contributed by atoms with Gasteiger partial charge in [-0.3, -0.25) is 9.59 Å². The Kier molecular flexibility index (Phi) is 6.39. The second-order valence-corrected chi connectivity index (χ2v) is 7.08. The SMILES string of the molecule is COc1ccc(CC(=O)Nc2nc(-c3ccc(CNC(C)=O)cc3)cs2)cc1. The van der Waals surface area contributed by atoms with Gasteiger partial charge in [-0.05, 0) is 23.3 Å². The molecule has 0 radical (unpaired) electrons. The summed E-state index contributed by atoms with van der Waals surface area (Å²) in [4.78, 5) is 27.7. The third kappa shape index (κ3) is 5.40. The predicted molar refractivity (Wildman–Crippen MR) is 110 cm³/mol. The second-order valence-electron chi connectivity index (χ2n) is 6.22. The standard InChI is InChI=1S/C21H21N3O3S/c1-14(25)22-12-16-3-7-17(8-4-16)19-13-28-21(23-19)24-20(26)11-15-5-9-18(27-2)10-6-15/h3-10,13H,11-12H2,1-2H3,(H,22,25)(H,23,24,26). The third-order valence-corrected chi connectivity index (χ3v) is 4.82. The fourth-order valence-corrected chi connectivity index (χ4v) is 3.31. The van der Waals surface area contributed by atoms with Gasteiger partial charge in [0.2, 0.25) is 11.8 Å². The van der Waals surface area contributed by atoms with Crippen molar-refractivity contribution in [3.8, 4) is 17.0 Å². The number of ether oxygens (including phenoxy) is 1. The molecule has 0 saturated heterocycles. The summed E-state index contributed by atoms with van der Waals surface area (Å²) >= 11 is 1.39. The first-order valence-electron chi connectivity index (χ1n) is 8.75. The lowest BCUT2D eigenvalue weighted by atomic mass is 10.1. The van der Waals surface area contributed by atoms with E-state index in [0.29, 0.717) is 11.7 Å². The summed E-state index contributed by atoms with van der Waals surface area (Å²) in [5.41, 5.74) is 3.68. The van der Waals surface area contributed by atoms with Crippen molar-refractivity contribution in [2.45, 2.75) is 19.9 Å². The number of nitrogens with one attached hydrogen (secondary N) is 2. The summed E-state index contributed by atoms with van der Waals surface area (Å²) in [6, 6.07) is 15.2. The minimum atomic E-state index is -0.114. The summed E-state index contributed by atoms with van der Waals surface area (Å²) in [6.45, 7) is 1.99. The Morgan fingerprint density at radius 2 is 1.71 bits per heavy atom. The summed E-state index contributed by atoms with van der Waals surface area (Å²) in [5.74, 6) is 0.590. The average Bonchev–Trinajstić information content (AvgIpc) is 3.15. The van der Waals surface area contributed by atoms with Crippen LogP contribution in [0.1, 0.15) is 18.1 Å². The van der Waals surface area contributed by atoms with Gasteiger partial charge in [0.1, 0.15) is 5.75 Å². The van der Waals surface area contributed by atoms with E-state index >= 15 is 0 Å². The number of thiazole rings is 1. The smallest absolute Gasteiger partial charge is 0.230 e. The van der Waals surface area contributed by atoms with Gasteiger partial charge >= 0.3 is 0 Å². The number of hydrogen-bond acceptors (Lipinski definition) is 5. The van der Waals surface area contributed by atoms with Gasteiger partial charge in [0.15, 0.2) is 5.13 Å². The summed E-state index contributed by atoms with van der Waals surface area (Å²) in [5, 5.41) is 8.08. The van der Waals surface area contributed by atoms with Gasteiger partial charge in [0, 0.05) is 24.4 Å². The van der Waals surface area contributed by atoms with E-state index in [0.717, 1.165) is 28.1 Å². The number of aromatic nitrogens is 1. The van der Waals surface area contributed by atoms with Crippen molar-refractivity contribution in [1.29, 1.82) is 0 Å². The van der Waals surface area contributed by atoms with Crippen LogP contribution < -0.4 is 15.4 Å². The van der Waals surface area contributed by atoms with E-state index < -0.39 is 0 Å². The lowest BCUT2D eigenvalue weighted by Crippen LogP contribution is -2.18. The molecule has 6 nitrogen and oxygen atoms in total. The number of nitrogens with zero attached hydrogens (tertiary/aromatic N) is 1. The zero-order valence-electron chi connectivity index (χ0n) is 15.7. The van der Waals surface area contributed by atoms with Gasteiger partial charge in [-0.15, -0.1) is 11.3 Å². The molecule has 0 atom stereocenters. The Morgan fingerprint density at radius 3 is 2.36 bits per heavy atom. The van der Waals surface area contributed by atoms with Crippen LogP contribution in [0, 0.1) is 0 Å². The van der Waals surface area contributed by atoms with E-state index in [2.05, 4.69) is 15.6 Å². The van der Waals surface area contributed by atoms with Crippen molar-refractivity contribution in [1.82, 2.24) is 10.3 Å². The van der Waals surface area contributed by atoms with Crippen LogP contribution in [0.4, 0.5) is 5.13 Å². The quantitative estimate of drug-likeness (QED) is 0.640. The molecule has 28 heavy (non-hydrogen) atoms. The molecule has 2 aromatic carbocycles. The topological polar surface area (TPSA) is 80.3 Å². The molecule has 0 aliphatic rings. The molecular formula is C21H21N3O3S. The molecule has 1 aromatic heterocycles. The maximum absolute atomic E-state index is 12.2. The van der Waals surface area contributed by atoms with Crippen LogP contribution in [0.25, 0.3) is 11.3 Å². The summed E-state index contributed by atoms with van der Waals surface area (Å²) in [7, 11) is 1.61. The largest absolute Gasteiger partial charge is 0.497 e. The van der Waals surface area contributed by atoms with Gasteiger partial charge in [-0.1, -0.05) is 36.4 Å². The monoisotopic (exact) mass is 395 g/mol. The zero-order chi connectivity index (χ0) is 19.9. The molecule has 0 spiro atoms. The first kappa shape index (κ1) is 19.6. The van der Waals surface area contributed by atoms with E-state index in [1.165, 1.54) is 18.3 Å². The predicted octanol–water partition coefficient (Wildman–Crippen LogP) is 3.64. The average molecular weight is 395 g/mol. The number of hydrogen-bond donors (Lipinski definition) is 2. The number of rotatable bonds is 7. The summed E-state index contributed by atoms with van der Waals surface area (Å²) in [6.07, 6.45) is 0.275. The van der Waals surface area contributed by atoms with E-state index in [1.807, 2.05) is 53.9 Å². The van der Waals surface area contributed by atoms with E-state index in [1.54, 1.807) is 7.11 Å². The highest BCUT2D eigenvalue weighted by molar-refractivity contribution is 7.14. The highest BCUT2D eigenvalue weighted by Crippen LogP contribution is 2.25. The van der Waals surface area contributed by atoms with Crippen LogP contribution in [0.15, 0.2) is 53.9 Å². The number of carbonyl (C=O) groups is 2. The van der Waals surface area contributed by atoms with Crippen LogP contribution in [-0.2, 0) is 22.6 Å². The Hall–Kier alpha value is -3.19. The van der Waals surface area contributed by atoms with E-state index in [-0.39, 0.29) is 18.2 Å². The van der Waals surface area contributed by atoms with Gasteiger partial charge in [0.05, 0.1) is 19.2 Å². The molecule has 3 rings (SSSR count). The minimum absolute atomic E-state index is 0.0569. The Bertz CT molecular complexity index is 950. The maximum Gasteiger partial charge on any atom is 0.230 e. The number of anilines is 1. The van der Waals surface area contributed by atoms with Crippen molar-refractivity contribution in [3.05, 3.63) is 65.0 Å². The number of methoxy groups -OCH3 is 1. The fraction of sp³-hybridized carbons (Fsp3) is 0.190. The van der Waals surface area contributed by atoms with Crippen LogP contribution in [0.5, 0.6) is 5.75 Å². The van der Waals surface area contributed by atoms with Crippen molar-refractivity contribution < 1.29 is 14.3 Å². The molecule has 0 aliphatic heterocycles. The van der Waals surface area contributed by atoms with Crippen molar-refractivity contribution >= 4 is 28.3 Å².